The number of carbonyl (C=O) groups excluding carboxylic acids is 1. The summed E-state index contributed by atoms with van der Waals surface area (Å²) in [6.07, 6.45) is 6.29. The average Bonchev–Trinajstić information content (AvgIpc) is 3.36. The van der Waals surface area contributed by atoms with Crippen molar-refractivity contribution in [1.82, 2.24) is 19.7 Å². The van der Waals surface area contributed by atoms with Crippen LogP contribution in [-0.2, 0) is 0 Å². The minimum absolute atomic E-state index is 0.0226. The first kappa shape index (κ1) is 15.4. The molecule has 8 nitrogen and oxygen atoms in total. The molecule has 0 saturated carbocycles. The largest absolute Gasteiger partial charge is 0.354 e. The number of pyridine rings is 1. The van der Waals surface area contributed by atoms with Gasteiger partial charge in [0.1, 0.15) is 11.9 Å². The number of nitrogens with zero attached hydrogens (tertiary/aromatic N) is 7. The zero-order valence-electron chi connectivity index (χ0n) is 14.0. The van der Waals surface area contributed by atoms with E-state index in [-0.39, 0.29) is 12.1 Å². The fourth-order valence-corrected chi connectivity index (χ4v) is 3.36. The molecule has 1 atom stereocenters. The Hall–Kier alpha value is -3.08. The molecule has 2 aliphatic heterocycles. The molecule has 2 aromatic heterocycles. The fourth-order valence-electron chi connectivity index (χ4n) is 3.36. The van der Waals surface area contributed by atoms with Gasteiger partial charge in [0.25, 0.3) is 0 Å². The normalized spacial score (nSPS) is 20.4. The van der Waals surface area contributed by atoms with E-state index in [9.17, 15) is 4.79 Å². The summed E-state index contributed by atoms with van der Waals surface area (Å²) >= 11 is 0. The third kappa shape index (κ3) is 2.78. The first-order valence-electron chi connectivity index (χ1n) is 8.33. The highest BCUT2D eigenvalue weighted by Gasteiger charge is 2.29. The van der Waals surface area contributed by atoms with E-state index in [1.165, 1.54) is 0 Å². The molecular formula is C17H19N7O. The number of hydrogen-bond donors (Lipinski definition) is 0. The number of carbonyl (C=O) groups is 1. The van der Waals surface area contributed by atoms with Crippen molar-refractivity contribution in [3.8, 4) is 6.07 Å². The molecule has 0 bridgehead atoms. The Bertz CT molecular complexity index is 822. The van der Waals surface area contributed by atoms with Gasteiger partial charge in [-0.15, -0.1) is 0 Å². The predicted octanol–water partition coefficient (Wildman–Crippen LogP) is 1.47. The number of aromatic nitrogens is 3. The number of urea groups is 1. The molecule has 0 spiro atoms. The lowest BCUT2D eigenvalue weighted by atomic mass is 10.3. The van der Waals surface area contributed by atoms with Crippen LogP contribution < -0.4 is 9.80 Å². The lowest BCUT2D eigenvalue weighted by Crippen LogP contribution is -2.28. The van der Waals surface area contributed by atoms with E-state index in [0.717, 1.165) is 37.6 Å². The van der Waals surface area contributed by atoms with Crippen LogP contribution >= 0.6 is 0 Å². The van der Waals surface area contributed by atoms with E-state index >= 15 is 0 Å². The van der Waals surface area contributed by atoms with Crippen molar-refractivity contribution >= 4 is 17.5 Å². The molecule has 8 heteroatoms. The van der Waals surface area contributed by atoms with Gasteiger partial charge < -0.3 is 9.80 Å². The lowest BCUT2D eigenvalue weighted by molar-refractivity contribution is 0.229. The minimum Gasteiger partial charge on any atom is -0.354 e. The number of amides is 2. The van der Waals surface area contributed by atoms with Crippen LogP contribution in [-0.4, -0.2) is 58.9 Å². The van der Waals surface area contributed by atoms with Crippen LogP contribution in [0.2, 0.25) is 0 Å². The summed E-state index contributed by atoms with van der Waals surface area (Å²) in [5.74, 6) is 0.880. The Kier molecular flexibility index (Phi) is 3.76. The van der Waals surface area contributed by atoms with Crippen LogP contribution in [0.4, 0.5) is 16.3 Å². The summed E-state index contributed by atoms with van der Waals surface area (Å²) in [7, 11) is 1.81. The number of likely N-dealkylation sites (N-methyl/N-ethyl adjacent to an activating group) is 1. The van der Waals surface area contributed by atoms with Gasteiger partial charge in [-0.05, 0) is 18.6 Å². The molecule has 1 unspecified atom stereocenters. The molecular weight excluding hydrogens is 318 g/mol. The van der Waals surface area contributed by atoms with E-state index < -0.39 is 0 Å². The van der Waals surface area contributed by atoms with Crippen molar-refractivity contribution in [2.24, 2.45) is 0 Å². The Morgan fingerprint density at radius 2 is 2.12 bits per heavy atom. The smallest absolute Gasteiger partial charge is 0.324 e. The SMILES string of the molecule is CN1CCN(c2cnn(C3CCN(c4ccc(C#N)cn4)C3)c2)C1=O. The van der Waals surface area contributed by atoms with Crippen LogP contribution in [0.1, 0.15) is 18.0 Å². The zero-order chi connectivity index (χ0) is 17.4. The summed E-state index contributed by atoms with van der Waals surface area (Å²) in [5.41, 5.74) is 1.42. The molecule has 0 radical (unpaired) electrons. The van der Waals surface area contributed by atoms with Crippen molar-refractivity contribution in [2.75, 3.05) is 43.0 Å². The van der Waals surface area contributed by atoms with E-state index in [1.54, 1.807) is 28.3 Å². The second-order valence-electron chi connectivity index (χ2n) is 6.44. The Labute approximate surface area is 145 Å². The Morgan fingerprint density at radius 1 is 1.24 bits per heavy atom. The van der Waals surface area contributed by atoms with Crippen molar-refractivity contribution in [3.63, 3.8) is 0 Å². The van der Waals surface area contributed by atoms with Gasteiger partial charge >= 0.3 is 6.03 Å². The topological polar surface area (TPSA) is 81.3 Å². The highest BCUT2D eigenvalue weighted by molar-refractivity contribution is 5.93. The molecule has 4 heterocycles. The minimum atomic E-state index is 0.0226. The monoisotopic (exact) mass is 337 g/mol. The molecule has 2 aromatic rings. The van der Waals surface area contributed by atoms with Crippen LogP contribution in [0.3, 0.4) is 0 Å². The van der Waals surface area contributed by atoms with Crippen molar-refractivity contribution in [2.45, 2.75) is 12.5 Å². The van der Waals surface area contributed by atoms with Gasteiger partial charge in [0.15, 0.2) is 0 Å². The second kappa shape index (κ2) is 6.09. The molecule has 0 aliphatic carbocycles. The standard InChI is InChI=1S/C17H19N7O/c1-21-6-7-23(17(21)25)15-10-20-24(12-15)14-4-5-22(11-14)16-3-2-13(8-18)9-19-16/h2-3,9-10,12,14H,4-7,11H2,1H3. The first-order chi connectivity index (χ1) is 12.2. The van der Waals surface area contributed by atoms with Gasteiger partial charge in [-0.2, -0.15) is 10.4 Å². The van der Waals surface area contributed by atoms with Crippen molar-refractivity contribution in [3.05, 3.63) is 36.3 Å². The molecule has 2 amide bonds. The number of anilines is 2. The summed E-state index contributed by atoms with van der Waals surface area (Å²) < 4.78 is 1.95. The molecule has 2 fully saturated rings. The number of nitriles is 1. The average molecular weight is 337 g/mol. The van der Waals surface area contributed by atoms with E-state index in [1.807, 2.05) is 24.0 Å². The molecule has 128 valence electrons. The Morgan fingerprint density at radius 3 is 2.80 bits per heavy atom. The van der Waals surface area contributed by atoms with Crippen LogP contribution in [0.25, 0.3) is 0 Å². The van der Waals surface area contributed by atoms with Gasteiger partial charge in [-0.25, -0.2) is 9.78 Å². The summed E-state index contributed by atoms with van der Waals surface area (Å²) in [6, 6.07) is 6.03. The van der Waals surface area contributed by atoms with Gasteiger partial charge in [0.05, 0.1) is 23.5 Å². The maximum Gasteiger partial charge on any atom is 0.324 e. The Balaban J connectivity index is 1.45. The van der Waals surface area contributed by atoms with Crippen molar-refractivity contribution < 1.29 is 4.79 Å². The first-order valence-corrected chi connectivity index (χ1v) is 8.33. The number of rotatable bonds is 3. The second-order valence-corrected chi connectivity index (χ2v) is 6.44. The van der Waals surface area contributed by atoms with Crippen LogP contribution in [0, 0.1) is 11.3 Å². The van der Waals surface area contributed by atoms with Gasteiger partial charge in [-0.1, -0.05) is 0 Å². The van der Waals surface area contributed by atoms with Crippen LogP contribution in [0.5, 0.6) is 0 Å². The molecule has 0 N–H and O–H groups in total. The van der Waals surface area contributed by atoms with Crippen molar-refractivity contribution in [1.29, 1.82) is 5.26 Å². The fraction of sp³-hybridized carbons (Fsp3) is 0.412. The zero-order valence-corrected chi connectivity index (χ0v) is 14.0. The molecule has 2 aliphatic rings. The summed E-state index contributed by atoms with van der Waals surface area (Å²) in [6.45, 7) is 3.15. The third-order valence-corrected chi connectivity index (χ3v) is 4.85. The highest BCUT2D eigenvalue weighted by atomic mass is 16.2. The summed E-state index contributed by atoms with van der Waals surface area (Å²) in [4.78, 5) is 22.1. The predicted molar refractivity (Wildman–Crippen MR) is 92.4 cm³/mol. The summed E-state index contributed by atoms with van der Waals surface area (Å²) in [5, 5.41) is 13.3. The van der Waals surface area contributed by atoms with Gasteiger partial charge in [0, 0.05) is 45.6 Å². The van der Waals surface area contributed by atoms with Gasteiger partial charge in [0.2, 0.25) is 0 Å². The van der Waals surface area contributed by atoms with E-state index in [0.29, 0.717) is 12.1 Å². The number of hydrogen-bond acceptors (Lipinski definition) is 5. The maximum absolute atomic E-state index is 12.1. The molecule has 25 heavy (non-hydrogen) atoms. The molecule has 2 saturated heterocycles. The molecule has 0 aromatic carbocycles. The maximum atomic E-state index is 12.1. The van der Waals surface area contributed by atoms with E-state index in [4.69, 9.17) is 5.26 Å². The third-order valence-electron chi connectivity index (χ3n) is 4.85. The molecule has 4 rings (SSSR count). The van der Waals surface area contributed by atoms with Crippen LogP contribution in [0.15, 0.2) is 30.7 Å². The lowest BCUT2D eigenvalue weighted by Gasteiger charge is -2.17. The van der Waals surface area contributed by atoms with E-state index in [2.05, 4.69) is 21.1 Å². The van der Waals surface area contributed by atoms with Gasteiger partial charge in [-0.3, -0.25) is 9.58 Å². The highest BCUT2D eigenvalue weighted by Crippen LogP contribution is 2.27. The quantitative estimate of drug-likeness (QED) is 0.847.